The van der Waals surface area contributed by atoms with Gasteiger partial charge in [0.1, 0.15) is 11.6 Å². The third-order valence-electron chi connectivity index (χ3n) is 3.29. The quantitative estimate of drug-likeness (QED) is 0.853. The van der Waals surface area contributed by atoms with Crippen LogP contribution < -0.4 is 5.73 Å². The van der Waals surface area contributed by atoms with Crippen molar-refractivity contribution in [3.8, 4) is 11.4 Å². The zero-order valence-corrected chi connectivity index (χ0v) is 10.6. The van der Waals surface area contributed by atoms with Gasteiger partial charge in [0.25, 0.3) is 0 Å². The molecule has 0 unspecified atom stereocenters. The average molecular weight is 259 g/mol. The lowest BCUT2D eigenvalue weighted by molar-refractivity contribution is 0.109. The highest BCUT2D eigenvalue weighted by atomic mass is 19.1. The third kappa shape index (κ3) is 2.17. The maximum Gasteiger partial charge on any atom is 0.162 e. The number of aromatic nitrogens is 2. The average Bonchev–Trinajstić information content (AvgIpc) is 2.41. The Labute approximate surface area is 110 Å². The molecule has 0 spiro atoms. The van der Waals surface area contributed by atoms with Gasteiger partial charge in [-0.25, -0.2) is 14.4 Å². The van der Waals surface area contributed by atoms with Gasteiger partial charge in [0.05, 0.1) is 18.9 Å². The minimum Gasteiger partial charge on any atom is -0.383 e. The second kappa shape index (κ2) is 4.59. The first-order valence-corrected chi connectivity index (χ1v) is 6.14. The van der Waals surface area contributed by atoms with E-state index in [1.165, 1.54) is 12.1 Å². The molecule has 0 saturated heterocycles. The van der Waals surface area contributed by atoms with E-state index in [4.69, 9.17) is 10.5 Å². The lowest BCUT2D eigenvalue weighted by atomic mass is 10.1. The van der Waals surface area contributed by atoms with Gasteiger partial charge in [-0.3, -0.25) is 0 Å². The van der Waals surface area contributed by atoms with Gasteiger partial charge < -0.3 is 10.5 Å². The highest BCUT2D eigenvalue weighted by Crippen LogP contribution is 2.26. The van der Waals surface area contributed by atoms with Crippen molar-refractivity contribution in [1.82, 2.24) is 9.97 Å². The van der Waals surface area contributed by atoms with Gasteiger partial charge in [-0.15, -0.1) is 0 Å². The molecule has 1 aromatic heterocycles. The number of rotatable bonds is 1. The van der Waals surface area contributed by atoms with Crippen LogP contribution in [0.3, 0.4) is 0 Å². The Bertz CT molecular complexity index is 643. The Balaban J connectivity index is 2.15. The van der Waals surface area contributed by atoms with Crippen LogP contribution in [0.2, 0.25) is 0 Å². The number of hydrogen-bond acceptors (Lipinski definition) is 4. The number of nitrogens with zero attached hydrogens (tertiary/aromatic N) is 2. The first-order valence-electron chi connectivity index (χ1n) is 6.14. The van der Waals surface area contributed by atoms with Crippen molar-refractivity contribution < 1.29 is 9.13 Å². The van der Waals surface area contributed by atoms with Gasteiger partial charge in [-0.05, 0) is 24.6 Å². The van der Waals surface area contributed by atoms with Crippen LogP contribution in [0.4, 0.5) is 10.2 Å². The summed E-state index contributed by atoms with van der Waals surface area (Å²) >= 11 is 0. The molecule has 0 amide bonds. The van der Waals surface area contributed by atoms with Crippen molar-refractivity contribution in [1.29, 1.82) is 0 Å². The summed E-state index contributed by atoms with van der Waals surface area (Å²) in [6.07, 6.45) is 0.712. The van der Waals surface area contributed by atoms with Gasteiger partial charge in [-0.1, -0.05) is 6.07 Å². The minimum absolute atomic E-state index is 0.302. The molecular formula is C14H14FN3O. The molecule has 0 saturated carbocycles. The van der Waals surface area contributed by atoms with Crippen molar-refractivity contribution in [3.05, 3.63) is 40.8 Å². The van der Waals surface area contributed by atoms with Crippen LogP contribution in [0.5, 0.6) is 0 Å². The normalized spacial score (nSPS) is 14.2. The number of fused-ring (bicyclic) bond motifs is 1. The maximum atomic E-state index is 13.4. The SMILES string of the molecule is Cc1ccc(F)cc1-c1nc(N)c2c(n1)CCOC2. The fourth-order valence-electron chi connectivity index (χ4n) is 2.21. The number of anilines is 1. The van der Waals surface area contributed by atoms with E-state index in [0.29, 0.717) is 36.8 Å². The molecule has 0 radical (unpaired) electrons. The van der Waals surface area contributed by atoms with Crippen LogP contribution in [-0.2, 0) is 17.8 Å². The lowest BCUT2D eigenvalue weighted by Gasteiger charge is -2.18. The van der Waals surface area contributed by atoms with Crippen LogP contribution >= 0.6 is 0 Å². The molecule has 1 aliphatic heterocycles. The number of ether oxygens (including phenoxy) is 1. The van der Waals surface area contributed by atoms with E-state index < -0.39 is 0 Å². The highest BCUT2D eigenvalue weighted by molar-refractivity contribution is 5.62. The van der Waals surface area contributed by atoms with Crippen molar-refractivity contribution in [2.45, 2.75) is 20.0 Å². The Kier molecular flexibility index (Phi) is 2.91. The number of benzene rings is 1. The molecule has 5 heteroatoms. The summed E-state index contributed by atoms with van der Waals surface area (Å²) in [7, 11) is 0. The molecule has 19 heavy (non-hydrogen) atoms. The van der Waals surface area contributed by atoms with Crippen LogP contribution in [0.25, 0.3) is 11.4 Å². The number of nitrogen functional groups attached to an aromatic ring is 1. The fourth-order valence-corrected chi connectivity index (χ4v) is 2.21. The second-order valence-electron chi connectivity index (χ2n) is 4.62. The van der Waals surface area contributed by atoms with Crippen LogP contribution in [-0.4, -0.2) is 16.6 Å². The Morgan fingerprint density at radius 3 is 3.00 bits per heavy atom. The van der Waals surface area contributed by atoms with Crippen LogP contribution in [0, 0.1) is 12.7 Å². The molecule has 2 aromatic rings. The summed E-state index contributed by atoms with van der Waals surface area (Å²) in [5, 5.41) is 0. The first-order chi connectivity index (χ1) is 9.15. The molecule has 0 aliphatic carbocycles. The Morgan fingerprint density at radius 2 is 2.16 bits per heavy atom. The molecule has 1 aliphatic rings. The largest absolute Gasteiger partial charge is 0.383 e. The van der Waals surface area contributed by atoms with Crippen molar-refractivity contribution >= 4 is 5.82 Å². The second-order valence-corrected chi connectivity index (χ2v) is 4.62. The van der Waals surface area contributed by atoms with E-state index in [9.17, 15) is 4.39 Å². The number of hydrogen-bond donors (Lipinski definition) is 1. The predicted octanol–water partition coefficient (Wildman–Crippen LogP) is 2.25. The number of halogens is 1. The van der Waals surface area contributed by atoms with Gasteiger partial charge in [0, 0.05) is 17.5 Å². The standard InChI is InChI=1S/C14H14FN3O/c1-8-2-3-9(15)6-10(8)14-17-12-4-5-19-7-11(12)13(16)18-14/h2-3,6H,4-5,7H2,1H3,(H2,16,17,18). The maximum absolute atomic E-state index is 13.4. The van der Waals surface area contributed by atoms with Crippen molar-refractivity contribution in [3.63, 3.8) is 0 Å². The van der Waals surface area contributed by atoms with E-state index in [0.717, 1.165) is 16.8 Å². The summed E-state index contributed by atoms with van der Waals surface area (Å²) in [5.74, 6) is 0.599. The molecule has 0 fully saturated rings. The molecule has 98 valence electrons. The summed E-state index contributed by atoms with van der Waals surface area (Å²) in [6, 6.07) is 4.58. The summed E-state index contributed by atoms with van der Waals surface area (Å²) < 4.78 is 18.7. The summed E-state index contributed by atoms with van der Waals surface area (Å²) in [4.78, 5) is 8.79. The van der Waals surface area contributed by atoms with E-state index in [2.05, 4.69) is 9.97 Å². The smallest absolute Gasteiger partial charge is 0.162 e. The van der Waals surface area contributed by atoms with Crippen LogP contribution in [0.15, 0.2) is 18.2 Å². The highest BCUT2D eigenvalue weighted by Gasteiger charge is 2.18. The predicted molar refractivity (Wildman–Crippen MR) is 69.9 cm³/mol. The van der Waals surface area contributed by atoms with E-state index in [1.807, 2.05) is 6.92 Å². The molecule has 0 atom stereocenters. The number of nitrogens with two attached hydrogens (primary N) is 1. The Morgan fingerprint density at radius 1 is 1.32 bits per heavy atom. The monoisotopic (exact) mass is 259 g/mol. The zero-order valence-electron chi connectivity index (χ0n) is 10.6. The molecule has 3 rings (SSSR count). The first kappa shape index (κ1) is 12.0. The lowest BCUT2D eigenvalue weighted by Crippen LogP contribution is -2.16. The third-order valence-corrected chi connectivity index (χ3v) is 3.29. The van der Waals surface area contributed by atoms with Crippen LogP contribution in [0.1, 0.15) is 16.8 Å². The zero-order chi connectivity index (χ0) is 13.4. The molecule has 2 N–H and O–H groups in total. The minimum atomic E-state index is -0.302. The van der Waals surface area contributed by atoms with Crippen molar-refractivity contribution in [2.24, 2.45) is 0 Å². The van der Waals surface area contributed by atoms with Gasteiger partial charge in [0.2, 0.25) is 0 Å². The van der Waals surface area contributed by atoms with E-state index in [1.54, 1.807) is 6.07 Å². The molecule has 1 aromatic carbocycles. The Hall–Kier alpha value is -2.01. The van der Waals surface area contributed by atoms with Gasteiger partial charge in [-0.2, -0.15) is 0 Å². The van der Waals surface area contributed by atoms with Gasteiger partial charge >= 0.3 is 0 Å². The molecule has 0 bridgehead atoms. The molecular weight excluding hydrogens is 245 g/mol. The van der Waals surface area contributed by atoms with Gasteiger partial charge in [0.15, 0.2) is 5.82 Å². The molecule has 2 heterocycles. The van der Waals surface area contributed by atoms with Crippen molar-refractivity contribution in [2.75, 3.05) is 12.3 Å². The summed E-state index contributed by atoms with van der Waals surface area (Å²) in [6.45, 7) is 2.98. The van der Waals surface area contributed by atoms with E-state index in [-0.39, 0.29) is 5.82 Å². The number of aryl methyl sites for hydroxylation is 1. The summed E-state index contributed by atoms with van der Waals surface area (Å²) in [5.41, 5.74) is 9.30. The fraction of sp³-hybridized carbons (Fsp3) is 0.286. The van der Waals surface area contributed by atoms with E-state index >= 15 is 0 Å². The topological polar surface area (TPSA) is 61.0 Å². The molecule has 4 nitrogen and oxygen atoms in total.